The Kier molecular flexibility index (Phi) is 2.38. The molecule has 1 aromatic heterocycles. The van der Waals surface area contributed by atoms with Gasteiger partial charge in [-0.15, -0.1) is 0 Å². The maximum Gasteiger partial charge on any atom is 0.340 e. The molecule has 5 nitrogen and oxygen atoms in total. The summed E-state index contributed by atoms with van der Waals surface area (Å²) in [5.41, 5.74) is 1.59. The van der Waals surface area contributed by atoms with Gasteiger partial charge in [-0.1, -0.05) is 0 Å². The highest BCUT2D eigenvalue weighted by atomic mass is 16.4. The highest BCUT2D eigenvalue weighted by molar-refractivity contribution is 5.72. The predicted molar refractivity (Wildman–Crippen MR) is 45.3 cm³/mol. The molecule has 1 aromatic rings. The largest absolute Gasteiger partial charge is 0.479 e. The van der Waals surface area contributed by atoms with Crippen molar-refractivity contribution in [3.63, 3.8) is 0 Å². The molecule has 13 heavy (non-hydrogen) atoms. The molecule has 0 saturated heterocycles. The lowest BCUT2D eigenvalue weighted by Crippen LogP contribution is -2.15. The maximum absolute atomic E-state index is 10.5. The minimum Gasteiger partial charge on any atom is -0.479 e. The second kappa shape index (κ2) is 3.18. The predicted octanol–water partition coefficient (Wildman–Crippen LogP) is 0.155. The number of hydrogen-bond donors (Lipinski definition) is 2. The monoisotopic (exact) mass is 184 g/mol. The first-order valence-corrected chi connectivity index (χ1v) is 3.85. The fraction of sp³-hybridized carbons (Fsp3) is 0.500. The van der Waals surface area contributed by atoms with Gasteiger partial charge in [0.15, 0.2) is 0 Å². The third-order valence-electron chi connectivity index (χ3n) is 2.13. The zero-order chi connectivity index (χ0) is 10.2. The number of carboxylic acids is 1. The van der Waals surface area contributed by atoms with Gasteiger partial charge >= 0.3 is 5.97 Å². The van der Waals surface area contributed by atoms with E-state index < -0.39 is 12.1 Å². The second-order valence-corrected chi connectivity index (χ2v) is 2.94. The van der Waals surface area contributed by atoms with Gasteiger partial charge in [-0.3, -0.25) is 0 Å². The van der Waals surface area contributed by atoms with Crippen molar-refractivity contribution in [2.45, 2.75) is 20.0 Å². The Morgan fingerprint density at radius 2 is 2.08 bits per heavy atom. The molecule has 0 aliphatic heterocycles. The van der Waals surface area contributed by atoms with E-state index in [1.165, 1.54) is 0 Å². The third kappa shape index (κ3) is 1.55. The van der Waals surface area contributed by atoms with Crippen molar-refractivity contribution in [3.05, 3.63) is 17.2 Å². The van der Waals surface area contributed by atoms with E-state index >= 15 is 0 Å². The van der Waals surface area contributed by atoms with Crippen molar-refractivity contribution >= 4 is 5.97 Å². The number of aliphatic hydroxyl groups is 1. The van der Waals surface area contributed by atoms with E-state index in [0.717, 1.165) is 11.4 Å². The Bertz CT molecular complexity index is 343. The van der Waals surface area contributed by atoms with Gasteiger partial charge in [-0.25, -0.2) is 9.78 Å². The molecule has 1 unspecified atom stereocenters. The van der Waals surface area contributed by atoms with Crippen molar-refractivity contribution < 1.29 is 15.0 Å². The van der Waals surface area contributed by atoms with Gasteiger partial charge in [0.1, 0.15) is 5.82 Å². The van der Waals surface area contributed by atoms with Crippen molar-refractivity contribution in [2.24, 2.45) is 7.05 Å². The Balaban J connectivity index is 3.15. The molecular weight excluding hydrogens is 172 g/mol. The van der Waals surface area contributed by atoms with E-state index in [9.17, 15) is 9.90 Å². The van der Waals surface area contributed by atoms with Crippen LogP contribution in [0.25, 0.3) is 0 Å². The first-order chi connectivity index (χ1) is 5.95. The minimum absolute atomic E-state index is 0.169. The normalized spacial score (nSPS) is 12.9. The molecule has 0 aromatic carbocycles. The van der Waals surface area contributed by atoms with Gasteiger partial charge in [-0.2, -0.15) is 0 Å². The lowest BCUT2D eigenvalue weighted by Gasteiger charge is -2.05. The van der Waals surface area contributed by atoms with Crippen LogP contribution in [0.2, 0.25) is 0 Å². The fourth-order valence-corrected chi connectivity index (χ4v) is 1.10. The van der Waals surface area contributed by atoms with Crippen LogP contribution in [0.1, 0.15) is 23.3 Å². The topological polar surface area (TPSA) is 75.3 Å². The first kappa shape index (κ1) is 9.73. The number of aliphatic hydroxyl groups excluding tert-OH is 1. The van der Waals surface area contributed by atoms with Crippen molar-refractivity contribution in [2.75, 3.05) is 0 Å². The molecule has 0 radical (unpaired) electrons. The van der Waals surface area contributed by atoms with Crippen LogP contribution in [-0.4, -0.2) is 25.7 Å². The number of nitrogens with zero attached hydrogens (tertiary/aromatic N) is 2. The van der Waals surface area contributed by atoms with Gasteiger partial charge in [0.25, 0.3) is 0 Å². The smallest absolute Gasteiger partial charge is 0.340 e. The van der Waals surface area contributed by atoms with Crippen LogP contribution in [-0.2, 0) is 11.8 Å². The average Bonchev–Trinajstić information content (AvgIpc) is 2.31. The molecule has 5 heteroatoms. The molecule has 0 aliphatic carbocycles. The average molecular weight is 184 g/mol. The number of imidazole rings is 1. The van der Waals surface area contributed by atoms with E-state index in [2.05, 4.69) is 4.98 Å². The Morgan fingerprint density at radius 3 is 2.38 bits per heavy atom. The Hall–Kier alpha value is -1.36. The van der Waals surface area contributed by atoms with Gasteiger partial charge < -0.3 is 14.8 Å². The third-order valence-corrected chi connectivity index (χ3v) is 2.13. The maximum atomic E-state index is 10.5. The fourth-order valence-electron chi connectivity index (χ4n) is 1.10. The minimum atomic E-state index is -1.54. The zero-order valence-electron chi connectivity index (χ0n) is 7.77. The summed E-state index contributed by atoms with van der Waals surface area (Å²) < 4.78 is 1.58. The van der Waals surface area contributed by atoms with E-state index in [1.54, 1.807) is 18.5 Å². The van der Waals surface area contributed by atoms with E-state index in [1.807, 2.05) is 6.92 Å². The van der Waals surface area contributed by atoms with Crippen LogP contribution in [0, 0.1) is 13.8 Å². The molecule has 0 saturated carbocycles. The standard InChI is InChI=1S/C8H12N2O3/c1-4-5(2)10(3)7(9-4)6(11)8(12)13/h6,11H,1-3H3,(H,12,13). The van der Waals surface area contributed by atoms with Crippen LogP contribution in [0.3, 0.4) is 0 Å². The first-order valence-electron chi connectivity index (χ1n) is 3.85. The molecule has 1 atom stereocenters. The Morgan fingerprint density at radius 1 is 1.54 bits per heavy atom. The molecule has 2 N–H and O–H groups in total. The molecule has 0 fully saturated rings. The number of aliphatic carboxylic acids is 1. The highest BCUT2D eigenvalue weighted by Gasteiger charge is 2.22. The number of rotatable bonds is 2. The number of carbonyl (C=O) groups is 1. The molecule has 1 rings (SSSR count). The zero-order valence-corrected chi connectivity index (χ0v) is 7.77. The van der Waals surface area contributed by atoms with Gasteiger partial charge in [0, 0.05) is 12.7 Å². The summed E-state index contributed by atoms with van der Waals surface area (Å²) >= 11 is 0. The summed E-state index contributed by atoms with van der Waals surface area (Å²) in [5, 5.41) is 17.8. The van der Waals surface area contributed by atoms with Gasteiger partial charge in [0.05, 0.1) is 5.69 Å². The number of carboxylic acid groups (broad SMARTS) is 1. The van der Waals surface area contributed by atoms with Crippen LogP contribution < -0.4 is 0 Å². The number of hydrogen-bond acceptors (Lipinski definition) is 3. The van der Waals surface area contributed by atoms with Crippen molar-refractivity contribution in [1.82, 2.24) is 9.55 Å². The molecule has 0 bridgehead atoms. The molecule has 0 amide bonds. The summed E-state index contributed by atoms with van der Waals surface area (Å²) in [7, 11) is 1.68. The summed E-state index contributed by atoms with van der Waals surface area (Å²) in [4.78, 5) is 14.4. The van der Waals surface area contributed by atoms with Gasteiger partial charge in [-0.05, 0) is 13.8 Å². The molecular formula is C8H12N2O3. The molecule has 1 heterocycles. The van der Waals surface area contributed by atoms with Crippen LogP contribution >= 0.6 is 0 Å². The second-order valence-electron chi connectivity index (χ2n) is 2.94. The highest BCUT2D eigenvalue weighted by Crippen LogP contribution is 2.15. The van der Waals surface area contributed by atoms with Crippen molar-refractivity contribution in [1.29, 1.82) is 0 Å². The number of aryl methyl sites for hydroxylation is 1. The lowest BCUT2D eigenvalue weighted by atomic mass is 10.3. The molecule has 0 aliphatic rings. The number of aromatic nitrogens is 2. The van der Waals surface area contributed by atoms with Crippen molar-refractivity contribution in [3.8, 4) is 0 Å². The van der Waals surface area contributed by atoms with E-state index in [0.29, 0.717) is 0 Å². The summed E-state index contributed by atoms with van der Waals surface area (Å²) in [5.74, 6) is -1.12. The lowest BCUT2D eigenvalue weighted by molar-refractivity contribution is -0.147. The van der Waals surface area contributed by atoms with E-state index in [4.69, 9.17) is 5.11 Å². The Labute approximate surface area is 75.6 Å². The summed E-state index contributed by atoms with van der Waals surface area (Å²) in [6, 6.07) is 0. The summed E-state index contributed by atoms with van der Waals surface area (Å²) in [6.07, 6.45) is -1.54. The van der Waals surface area contributed by atoms with E-state index in [-0.39, 0.29) is 5.82 Å². The van der Waals surface area contributed by atoms with Gasteiger partial charge in [0.2, 0.25) is 6.10 Å². The van der Waals surface area contributed by atoms with Crippen LogP contribution in [0.15, 0.2) is 0 Å². The molecule has 0 spiro atoms. The SMILES string of the molecule is Cc1nc(C(O)C(=O)O)n(C)c1C. The van der Waals surface area contributed by atoms with Crippen LogP contribution in [0.4, 0.5) is 0 Å². The quantitative estimate of drug-likeness (QED) is 0.686. The molecule has 72 valence electrons. The summed E-state index contributed by atoms with van der Waals surface area (Å²) in [6.45, 7) is 3.59. The van der Waals surface area contributed by atoms with Crippen LogP contribution in [0.5, 0.6) is 0 Å².